The van der Waals surface area contributed by atoms with Gasteiger partial charge in [-0.25, -0.2) is 0 Å². The molecule has 2 saturated heterocycles. The fraction of sp³-hybridized carbons (Fsp3) is 0.375. The third-order valence-electron chi connectivity index (χ3n) is 11.1. The molecular weight excluding hydrogens is 568 g/mol. The number of benzene rings is 4. The van der Waals surface area contributed by atoms with E-state index >= 15 is 0 Å². The summed E-state index contributed by atoms with van der Waals surface area (Å²) in [5, 5.41) is 13.1. The molecule has 2 N–H and O–H groups in total. The van der Waals surface area contributed by atoms with Crippen molar-refractivity contribution in [2.75, 3.05) is 55.6 Å². The van der Waals surface area contributed by atoms with E-state index in [4.69, 9.17) is 0 Å². The van der Waals surface area contributed by atoms with Crippen molar-refractivity contribution in [3.63, 3.8) is 0 Å². The van der Waals surface area contributed by atoms with Crippen LogP contribution in [0.2, 0.25) is 0 Å². The van der Waals surface area contributed by atoms with Crippen molar-refractivity contribution < 1.29 is 9.90 Å². The highest BCUT2D eigenvalue weighted by Crippen LogP contribution is 2.47. The number of nitrogens with one attached hydrogen (secondary N) is 1. The third kappa shape index (κ3) is 5.75. The maximum Gasteiger partial charge on any atom is 0.251 e. The molecule has 236 valence electrons. The number of carbonyl (C=O) groups excluding carboxylic acids is 1. The summed E-state index contributed by atoms with van der Waals surface area (Å²) >= 11 is 0. The fourth-order valence-corrected chi connectivity index (χ4v) is 8.51. The second-order valence-electron chi connectivity index (χ2n) is 13.8. The fourth-order valence-electron chi connectivity index (χ4n) is 8.51. The van der Waals surface area contributed by atoms with Crippen molar-refractivity contribution in [1.82, 2.24) is 10.2 Å². The van der Waals surface area contributed by atoms with Gasteiger partial charge in [-0.1, -0.05) is 48.5 Å². The van der Waals surface area contributed by atoms with E-state index in [0.29, 0.717) is 18.2 Å². The number of amides is 1. The van der Waals surface area contributed by atoms with E-state index in [0.717, 1.165) is 69.2 Å². The summed E-state index contributed by atoms with van der Waals surface area (Å²) in [4.78, 5) is 19.6. The zero-order valence-electron chi connectivity index (χ0n) is 26.6. The van der Waals surface area contributed by atoms with Gasteiger partial charge < -0.3 is 20.2 Å². The van der Waals surface area contributed by atoms with Gasteiger partial charge in [0.15, 0.2) is 0 Å². The van der Waals surface area contributed by atoms with Gasteiger partial charge in [-0.15, -0.1) is 0 Å². The van der Waals surface area contributed by atoms with Crippen LogP contribution in [0.25, 0.3) is 0 Å². The molecule has 2 atom stereocenters. The number of aryl methyl sites for hydroxylation is 1. The molecule has 4 aromatic rings. The van der Waals surface area contributed by atoms with Gasteiger partial charge in [-0.3, -0.25) is 9.69 Å². The number of hydrogen-bond acceptors (Lipinski definition) is 5. The SMILES string of the molecule is O=C1NCc2cc(N3CCN(CC4CCN(c5ccc([C@@H]6c7ccc(O)cc7CCC6c6ccccc6)cc5)CC4)CC3)ccc21. The molecule has 6 nitrogen and oxygen atoms in total. The van der Waals surface area contributed by atoms with Crippen molar-refractivity contribution in [1.29, 1.82) is 0 Å². The number of carbonyl (C=O) groups is 1. The smallest absolute Gasteiger partial charge is 0.251 e. The lowest BCUT2D eigenvalue weighted by Crippen LogP contribution is -2.49. The molecule has 6 heteroatoms. The Balaban J connectivity index is 0.877. The van der Waals surface area contributed by atoms with E-state index in [1.165, 1.54) is 53.0 Å². The molecule has 1 amide bonds. The van der Waals surface area contributed by atoms with E-state index in [1.54, 1.807) is 0 Å². The van der Waals surface area contributed by atoms with Crippen LogP contribution in [-0.2, 0) is 13.0 Å². The number of rotatable bonds is 6. The van der Waals surface area contributed by atoms with Crippen LogP contribution < -0.4 is 15.1 Å². The number of aromatic hydroxyl groups is 1. The first-order valence-electron chi connectivity index (χ1n) is 17.2. The molecular formula is C40H44N4O2. The standard InChI is InChI=1S/C40H44N4O2/c45-35-12-15-37-31(25-35)8-13-36(29-4-2-1-3-5-29)39(37)30-6-9-33(10-7-30)43-18-16-28(17-19-43)27-42-20-22-44(23-21-42)34-11-14-38-32(24-34)26-41-40(38)46/h1-7,9-12,14-15,24-25,28,36,39,45H,8,13,16-23,26-27H2,(H,41,46)/t36?,39-/m0/s1. The predicted molar refractivity (Wildman–Crippen MR) is 185 cm³/mol. The molecule has 0 spiro atoms. The van der Waals surface area contributed by atoms with E-state index in [9.17, 15) is 9.90 Å². The summed E-state index contributed by atoms with van der Waals surface area (Å²) in [7, 11) is 0. The summed E-state index contributed by atoms with van der Waals surface area (Å²) in [6.45, 7) is 8.37. The van der Waals surface area contributed by atoms with Gasteiger partial charge in [0, 0.05) is 75.2 Å². The average molecular weight is 613 g/mol. The highest BCUT2D eigenvalue weighted by molar-refractivity contribution is 5.98. The molecule has 46 heavy (non-hydrogen) atoms. The molecule has 0 saturated carbocycles. The van der Waals surface area contributed by atoms with Crippen molar-refractivity contribution in [2.45, 2.75) is 44.1 Å². The Labute approximate surface area is 272 Å². The molecule has 8 rings (SSSR count). The average Bonchev–Trinajstić information content (AvgIpc) is 3.48. The first kappa shape index (κ1) is 29.1. The molecule has 4 aromatic carbocycles. The highest BCUT2D eigenvalue weighted by atomic mass is 16.3. The highest BCUT2D eigenvalue weighted by Gasteiger charge is 2.32. The van der Waals surface area contributed by atoms with Crippen LogP contribution in [0.5, 0.6) is 5.75 Å². The number of piperazine rings is 1. The Morgan fingerprint density at radius 1 is 0.696 bits per heavy atom. The van der Waals surface area contributed by atoms with Crippen LogP contribution in [0.1, 0.15) is 69.3 Å². The minimum Gasteiger partial charge on any atom is -0.508 e. The Kier molecular flexibility index (Phi) is 7.91. The van der Waals surface area contributed by atoms with E-state index in [1.807, 2.05) is 18.2 Å². The Hall–Kier alpha value is -4.29. The zero-order valence-corrected chi connectivity index (χ0v) is 26.6. The van der Waals surface area contributed by atoms with Crippen molar-refractivity contribution in [3.8, 4) is 5.75 Å². The van der Waals surface area contributed by atoms with Crippen molar-refractivity contribution in [3.05, 3.63) is 124 Å². The Morgan fingerprint density at radius 2 is 1.43 bits per heavy atom. The number of anilines is 2. The Bertz CT molecular complexity index is 1690. The van der Waals surface area contributed by atoms with Crippen LogP contribution in [0.15, 0.2) is 91.0 Å². The molecule has 0 radical (unpaired) electrons. The number of phenolic OH excluding ortho intramolecular Hbond substituents is 1. The molecule has 4 aliphatic rings. The van der Waals surface area contributed by atoms with Crippen molar-refractivity contribution in [2.24, 2.45) is 5.92 Å². The van der Waals surface area contributed by atoms with Crippen LogP contribution in [-0.4, -0.2) is 61.7 Å². The monoisotopic (exact) mass is 612 g/mol. The molecule has 0 bridgehead atoms. The summed E-state index contributed by atoms with van der Waals surface area (Å²) in [6, 6.07) is 32.7. The molecule has 2 fully saturated rings. The molecule has 0 aromatic heterocycles. The first-order chi connectivity index (χ1) is 22.6. The van der Waals surface area contributed by atoms with E-state index < -0.39 is 0 Å². The lowest BCUT2D eigenvalue weighted by Gasteiger charge is -2.40. The second-order valence-corrected chi connectivity index (χ2v) is 13.8. The topological polar surface area (TPSA) is 59.1 Å². The van der Waals surface area contributed by atoms with Gasteiger partial charge in [-0.05, 0) is 108 Å². The summed E-state index contributed by atoms with van der Waals surface area (Å²) < 4.78 is 0. The predicted octanol–water partition coefficient (Wildman–Crippen LogP) is 6.54. The van der Waals surface area contributed by atoms with Crippen LogP contribution in [0.3, 0.4) is 0 Å². The van der Waals surface area contributed by atoms with Gasteiger partial charge in [0.25, 0.3) is 5.91 Å². The van der Waals surface area contributed by atoms with Gasteiger partial charge >= 0.3 is 0 Å². The third-order valence-corrected chi connectivity index (χ3v) is 11.1. The van der Waals surface area contributed by atoms with E-state index in [2.05, 4.69) is 92.8 Å². The number of piperidine rings is 1. The zero-order chi connectivity index (χ0) is 31.0. The van der Waals surface area contributed by atoms with Gasteiger partial charge in [-0.2, -0.15) is 0 Å². The maximum atomic E-state index is 11.9. The minimum atomic E-state index is 0.0552. The first-order valence-corrected chi connectivity index (χ1v) is 17.2. The number of fused-ring (bicyclic) bond motifs is 2. The Morgan fingerprint density at radius 3 is 2.22 bits per heavy atom. The molecule has 1 aliphatic carbocycles. The normalized spacial score (nSPS) is 22.0. The maximum absolute atomic E-state index is 11.9. The van der Waals surface area contributed by atoms with Gasteiger partial charge in [0.1, 0.15) is 5.75 Å². The van der Waals surface area contributed by atoms with Gasteiger partial charge in [0.2, 0.25) is 0 Å². The quantitative estimate of drug-likeness (QED) is 0.259. The summed E-state index contributed by atoms with van der Waals surface area (Å²) in [5.74, 6) is 1.89. The minimum absolute atomic E-state index is 0.0552. The van der Waals surface area contributed by atoms with Crippen LogP contribution in [0.4, 0.5) is 11.4 Å². The molecule has 3 heterocycles. The van der Waals surface area contributed by atoms with E-state index in [-0.39, 0.29) is 11.8 Å². The largest absolute Gasteiger partial charge is 0.508 e. The van der Waals surface area contributed by atoms with Crippen LogP contribution >= 0.6 is 0 Å². The van der Waals surface area contributed by atoms with Gasteiger partial charge in [0.05, 0.1) is 0 Å². The summed E-state index contributed by atoms with van der Waals surface area (Å²) in [5.41, 5.74) is 9.94. The second kappa shape index (κ2) is 12.5. The molecule has 3 aliphatic heterocycles. The lowest BCUT2D eigenvalue weighted by atomic mass is 9.69. The van der Waals surface area contributed by atoms with Crippen LogP contribution in [0, 0.1) is 5.92 Å². The number of nitrogens with zero attached hydrogens (tertiary/aromatic N) is 3. The number of phenols is 1. The molecule has 1 unspecified atom stereocenters. The summed E-state index contributed by atoms with van der Waals surface area (Å²) in [6.07, 6.45) is 4.56. The lowest BCUT2D eigenvalue weighted by molar-refractivity contribution is 0.0965. The van der Waals surface area contributed by atoms with Crippen molar-refractivity contribution >= 4 is 17.3 Å². The number of hydrogen-bond donors (Lipinski definition) is 2.